The Morgan fingerprint density at radius 3 is 2.69 bits per heavy atom. The molecule has 1 aromatic heterocycles. The van der Waals surface area contributed by atoms with Crippen molar-refractivity contribution in [2.75, 3.05) is 39.8 Å². The second-order valence-corrected chi connectivity index (χ2v) is 6.78. The zero-order valence-corrected chi connectivity index (χ0v) is 15.5. The summed E-state index contributed by atoms with van der Waals surface area (Å²) in [6.07, 6.45) is 7.43. The van der Waals surface area contributed by atoms with Crippen LogP contribution >= 0.6 is 0 Å². The van der Waals surface area contributed by atoms with Crippen LogP contribution in [0.1, 0.15) is 29.6 Å². The van der Waals surface area contributed by atoms with Gasteiger partial charge in [0.2, 0.25) is 0 Å². The zero-order valence-electron chi connectivity index (χ0n) is 15.5. The summed E-state index contributed by atoms with van der Waals surface area (Å²) in [6, 6.07) is 9.64. The van der Waals surface area contributed by atoms with Crippen LogP contribution in [0.25, 0.3) is 0 Å². The summed E-state index contributed by atoms with van der Waals surface area (Å²) < 4.78 is 7.52. The molecule has 0 bridgehead atoms. The lowest BCUT2D eigenvalue weighted by molar-refractivity contribution is 0.0773. The fourth-order valence-corrected chi connectivity index (χ4v) is 3.16. The maximum atomic E-state index is 12.5. The largest absolute Gasteiger partial charge is 0.492 e. The number of nitrogens with zero attached hydrogens (tertiary/aromatic N) is 4. The number of amides is 1. The van der Waals surface area contributed by atoms with E-state index < -0.39 is 0 Å². The van der Waals surface area contributed by atoms with Crippen molar-refractivity contribution in [3.05, 3.63) is 48.3 Å². The topological polar surface area (TPSA) is 50.6 Å². The Labute approximate surface area is 155 Å². The Balaban J connectivity index is 1.42. The van der Waals surface area contributed by atoms with Gasteiger partial charge >= 0.3 is 0 Å². The standard InChI is InChI=1S/C20H28N4O2/c1-22(14-15-26-19-8-4-2-5-9-19)20(25)18-16-21-24(17-18)13-12-23-10-6-3-7-11-23/h2,4-5,8-9,16-17H,3,6-7,10-15H2,1H3. The molecule has 0 radical (unpaired) electrons. The van der Waals surface area contributed by atoms with Crippen LogP contribution in [0.15, 0.2) is 42.7 Å². The number of carbonyl (C=O) groups excluding carboxylic acids is 1. The lowest BCUT2D eigenvalue weighted by Crippen LogP contribution is -2.32. The monoisotopic (exact) mass is 356 g/mol. The number of likely N-dealkylation sites (tertiary alicyclic amines) is 1. The molecule has 6 heteroatoms. The summed E-state index contributed by atoms with van der Waals surface area (Å²) in [6.45, 7) is 5.18. The third-order valence-corrected chi connectivity index (χ3v) is 4.76. The summed E-state index contributed by atoms with van der Waals surface area (Å²) in [4.78, 5) is 16.7. The molecule has 1 aromatic carbocycles. The number of aromatic nitrogens is 2. The van der Waals surface area contributed by atoms with Gasteiger partial charge in [-0.2, -0.15) is 5.10 Å². The van der Waals surface area contributed by atoms with Crippen LogP contribution in [-0.4, -0.2) is 65.3 Å². The van der Waals surface area contributed by atoms with Crippen LogP contribution in [0.5, 0.6) is 5.75 Å². The third-order valence-electron chi connectivity index (χ3n) is 4.76. The molecule has 0 atom stereocenters. The summed E-state index contributed by atoms with van der Waals surface area (Å²) in [5.41, 5.74) is 0.630. The van der Waals surface area contributed by atoms with Crippen molar-refractivity contribution in [1.82, 2.24) is 19.6 Å². The van der Waals surface area contributed by atoms with Crippen molar-refractivity contribution in [2.45, 2.75) is 25.8 Å². The fourth-order valence-electron chi connectivity index (χ4n) is 3.16. The molecule has 26 heavy (non-hydrogen) atoms. The molecule has 0 saturated carbocycles. The highest BCUT2D eigenvalue weighted by molar-refractivity contribution is 5.93. The number of para-hydroxylation sites is 1. The van der Waals surface area contributed by atoms with Gasteiger partial charge in [-0.25, -0.2) is 0 Å². The van der Waals surface area contributed by atoms with Gasteiger partial charge in [0.25, 0.3) is 5.91 Å². The molecule has 2 heterocycles. The Morgan fingerprint density at radius 1 is 1.15 bits per heavy atom. The maximum absolute atomic E-state index is 12.5. The average molecular weight is 356 g/mol. The van der Waals surface area contributed by atoms with Crippen LogP contribution in [0.2, 0.25) is 0 Å². The van der Waals surface area contributed by atoms with Crippen molar-refractivity contribution in [3.63, 3.8) is 0 Å². The molecule has 0 spiro atoms. The second kappa shape index (κ2) is 9.38. The molecule has 1 aliphatic heterocycles. The van der Waals surface area contributed by atoms with Crippen LogP contribution < -0.4 is 4.74 Å². The van der Waals surface area contributed by atoms with E-state index in [0.717, 1.165) is 18.8 Å². The minimum Gasteiger partial charge on any atom is -0.492 e. The molecule has 0 N–H and O–H groups in total. The first-order valence-electron chi connectivity index (χ1n) is 9.40. The first kappa shape index (κ1) is 18.5. The minimum atomic E-state index is -0.0223. The van der Waals surface area contributed by atoms with E-state index in [-0.39, 0.29) is 5.91 Å². The molecular formula is C20H28N4O2. The second-order valence-electron chi connectivity index (χ2n) is 6.78. The quantitative estimate of drug-likeness (QED) is 0.729. The third kappa shape index (κ3) is 5.33. The summed E-state index contributed by atoms with van der Waals surface area (Å²) in [7, 11) is 1.79. The molecule has 1 saturated heterocycles. The number of hydrogen-bond acceptors (Lipinski definition) is 4. The van der Waals surface area contributed by atoms with E-state index in [1.807, 2.05) is 41.2 Å². The number of piperidine rings is 1. The van der Waals surface area contributed by atoms with Crippen LogP contribution in [-0.2, 0) is 6.54 Å². The highest BCUT2D eigenvalue weighted by atomic mass is 16.5. The Hall–Kier alpha value is -2.34. The van der Waals surface area contributed by atoms with E-state index in [1.165, 1.54) is 32.4 Å². The molecule has 6 nitrogen and oxygen atoms in total. The van der Waals surface area contributed by atoms with Crippen molar-refractivity contribution < 1.29 is 9.53 Å². The van der Waals surface area contributed by atoms with Gasteiger partial charge in [-0.1, -0.05) is 24.6 Å². The number of benzene rings is 1. The molecule has 0 aliphatic carbocycles. The van der Waals surface area contributed by atoms with Gasteiger partial charge in [-0.3, -0.25) is 9.48 Å². The number of ether oxygens (including phenoxy) is 1. The van der Waals surface area contributed by atoms with Crippen molar-refractivity contribution in [2.24, 2.45) is 0 Å². The van der Waals surface area contributed by atoms with Crippen molar-refractivity contribution in [1.29, 1.82) is 0 Å². The van der Waals surface area contributed by atoms with Crippen molar-refractivity contribution in [3.8, 4) is 5.75 Å². The molecule has 1 aliphatic rings. The summed E-state index contributed by atoms with van der Waals surface area (Å²) in [5.74, 6) is 0.796. The van der Waals surface area contributed by atoms with E-state index in [2.05, 4.69) is 10.00 Å². The van der Waals surface area contributed by atoms with E-state index in [9.17, 15) is 4.79 Å². The van der Waals surface area contributed by atoms with E-state index >= 15 is 0 Å². The van der Waals surface area contributed by atoms with Gasteiger partial charge in [-0.05, 0) is 38.1 Å². The molecule has 140 valence electrons. The highest BCUT2D eigenvalue weighted by Crippen LogP contribution is 2.10. The Morgan fingerprint density at radius 2 is 1.92 bits per heavy atom. The van der Waals surface area contributed by atoms with Crippen LogP contribution in [0.3, 0.4) is 0 Å². The molecule has 3 rings (SSSR count). The minimum absolute atomic E-state index is 0.0223. The van der Waals surface area contributed by atoms with Gasteiger partial charge in [0.1, 0.15) is 12.4 Å². The number of hydrogen-bond donors (Lipinski definition) is 0. The average Bonchev–Trinajstić information content (AvgIpc) is 3.16. The summed E-state index contributed by atoms with van der Waals surface area (Å²) in [5, 5.41) is 4.34. The number of rotatable bonds is 8. The smallest absolute Gasteiger partial charge is 0.256 e. The fraction of sp³-hybridized carbons (Fsp3) is 0.500. The highest BCUT2D eigenvalue weighted by Gasteiger charge is 2.15. The van der Waals surface area contributed by atoms with E-state index in [0.29, 0.717) is 18.7 Å². The SMILES string of the molecule is CN(CCOc1ccccc1)C(=O)c1cnn(CCN2CCCCC2)c1. The predicted octanol–water partition coefficient (Wildman–Crippen LogP) is 2.52. The van der Waals surface area contributed by atoms with E-state index in [1.54, 1.807) is 18.1 Å². The van der Waals surface area contributed by atoms with Crippen molar-refractivity contribution >= 4 is 5.91 Å². The summed E-state index contributed by atoms with van der Waals surface area (Å²) >= 11 is 0. The normalized spacial score (nSPS) is 15.0. The molecular weight excluding hydrogens is 328 g/mol. The predicted molar refractivity (Wildman–Crippen MR) is 101 cm³/mol. The van der Waals surface area contributed by atoms with E-state index in [4.69, 9.17) is 4.74 Å². The van der Waals surface area contributed by atoms with Gasteiger partial charge in [0.15, 0.2) is 0 Å². The molecule has 1 amide bonds. The van der Waals surface area contributed by atoms with Crippen LogP contribution in [0.4, 0.5) is 0 Å². The van der Waals surface area contributed by atoms with Crippen LogP contribution in [0, 0.1) is 0 Å². The van der Waals surface area contributed by atoms with Gasteiger partial charge in [-0.15, -0.1) is 0 Å². The first-order valence-corrected chi connectivity index (χ1v) is 9.40. The number of likely N-dealkylation sites (N-methyl/N-ethyl adjacent to an activating group) is 1. The molecule has 1 fully saturated rings. The van der Waals surface area contributed by atoms with Gasteiger partial charge in [0.05, 0.1) is 24.8 Å². The van der Waals surface area contributed by atoms with Gasteiger partial charge in [0, 0.05) is 19.8 Å². The van der Waals surface area contributed by atoms with Gasteiger partial charge < -0.3 is 14.5 Å². The lowest BCUT2D eigenvalue weighted by Gasteiger charge is -2.26. The number of carbonyl (C=O) groups is 1. The molecule has 2 aromatic rings. The lowest BCUT2D eigenvalue weighted by atomic mass is 10.1. The Kier molecular flexibility index (Phi) is 6.66. The Bertz CT molecular complexity index is 680. The zero-order chi connectivity index (χ0) is 18.2. The maximum Gasteiger partial charge on any atom is 0.256 e. The molecule has 0 unspecified atom stereocenters. The first-order chi connectivity index (χ1) is 12.7.